The van der Waals surface area contributed by atoms with Gasteiger partial charge < -0.3 is 20.6 Å². The van der Waals surface area contributed by atoms with Gasteiger partial charge in [-0.25, -0.2) is 10.1 Å². The lowest BCUT2D eigenvalue weighted by atomic mass is 10.2. The van der Waals surface area contributed by atoms with E-state index in [1.165, 1.54) is 4.68 Å². The van der Waals surface area contributed by atoms with Crippen molar-refractivity contribution in [3.8, 4) is 11.5 Å². The number of carbonyl (C=O) groups is 1. The molecule has 10 nitrogen and oxygen atoms in total. The summed E-state index contributed by atoms with van der Waals surface area (Å²) >= 11 is 7.12. The molecule has 0 aliphatic heterocycles. The summed E-state index contributed by atoms with van der Waals surface area (Å²) in [5, 5.41) is 15.7. The van der Waals surface area contributed by atoms with Crippen molar-refractivity contribution in [1.82, 2.24) is 14.9 Å². The van der Waals surface area contributed by atoms with Crippen LogP contribution < -0.4 is 26.1 Å². The zero-order chi connectivity index (χ0) is 23.1. The highest BCUT2D eigenvalue weighted by Gasteiger charge is 2.13. The molecule has 0 unspecified atom stereocenters. The lowest BCUT2D eigenvalue weighted by molar-refractivity contribution is -0.113. The van der Waals surface area contributed by atoms with Gasteiger partial charge in [0.1, 0.15) is 0 Å². The largest absolute Gasteiger partial charge is 0.493 e. The fourth-order valence-electron chi connectivity index (χ4n) is 2.59. The highest BCUT2D eigenvalue weighted by atomic mass is 35.5. The third-order valence-electron chi connectivity index (χ3n) is 4.26. The molecule has 3 rings (SSSR count). The molecule has 0 bridgehead atoms. The molecule has 1 heterocycles. The van der Waals surface area contributed by atoms with Gasteiger partial charge in [0.15, 0.2) is 11.5 Å². The van der Waals surface area contributed by atoms with Crippen molar-refractivity contribution in [2.24, 2.45) is 5.10 Å². The Morgan fingerprint density at radius 2 is 2.00 bits per heavy atom. The van der Waals surface area contributed by atoms with Crippen molar-refractivity contribution in [2.75, 3.05) is 36.6 Å². The highest BCUT2D eigenvalue weighted by molar-refractivity contribution is 7.99. The van der Waals surface area contributed by atoms with Gasteiger partial charge in [-0.1, -0.05) is 29.4 Å². The van der Waals surface area contributed by atoms with Crippen LogP contribution in [0.3, 0.4) is 0 Å². The fraction of sp³-hybridized carbons (Fsp3) is 0.200. The van der Waals surface area contributed by atoms with Crippen molar-refractivity contribution >= 4 is 47.1 Å². The number of aromatic nitrogens is 3. The number of nitrogens with zero attached hydrogens (tertiary/aromatic N) is 4. The van der Waals surface area contributed by atoms with E-state index in [2.05, 4.69) is 26.0 Å². The first-order chi connectivity index (χ1) is 15.4. The van der Waals surface area contributed by atoms with E-state index < -0.39 is 0 Å². The van der Waals surface area contributed by atoms with E-state index in [0.29, 0.717) is 27.4 Å². The van der Waals surface area contributed by atoms with Crippen LogP contribution in [0.15, 0.2) is 46.7 Å². The third-order valence-corrected chi connectivity index (χ3v) is 5.43. The zero-order valence-corrected chi connectivity index (χ0v) is 19.2. The molecule has 1 aromatic heterocycles. The summed E-state index contributed by atoms with van der Waals surface area (Å²) in [6, 6.07) is 10.7. The van der Waals surface area contributed by atoms with E-state index in [-0.39, 0.29) is 17.6 Å². The van der Waals surface area contributed by atoms with Crippen molar-refractivity contribution in [3.05, 3.63) is 52.5 Å². The summed E-state index contributed by atoms with van der Waals surface area (Å²) in [7, 11) is 3.13. The lowest BCUT2D eigenvalue weighted by Crippen LogP contribution is -2.17. The zero-order valence-electron chi connectivity index (χ0n) is 17.6. The molecule has 1 amide bonds. The predicted molar refractivity (Wildman–Crippen MR) is 126 cm³/mol. The minimum absolute atomic E-state index is 0.0934. The molecular formula is C20H22ClN7O3S. The smallest absolute Gasteiger partial charge is 0.264 e. The Morgan fingerprint density at radius 1 is 1.22 bits per heavy atom. The van der Waals surface area contributed by atoms with Crippen molar-refractivity contribution in [3.63, 3.8) is 0 Å². The number of nitrogens with one attached hydrogen (secondary N) is 2. The molecule has 0 radical (unpaired) electrons. The third kappa shape index (κ3) is 5.83. The quantitative estimate of drug-likeness (QED) is 0.186. The Balaban J connectivity index is 1.56. The highest BCUT2D eigenvalue weighted by Crippen LogP contribution is 2.27. The molecule has 0 atom stereocenters. The van der Waals surface area contributed by atoms with Gasteiger partial charge in [0.25, 0.3) is 5.95 Å². The normalized spacial score (nSPS) is 10.9. The number of thioether (sulfide) groups is 1. The van der Waals surface area contributed by atoms with E-state index in [0.717, 1.165) is 22.9 Å². The van der Waals surface area contributed by atoms with Crippen LogP contribution in [0.5, 0.6) is 11.5 Å². The Morgan fingerprint density at radius 3 is 2.75 bits per heavy atom. The van der Waals surface area contributed by atoms with Crippen LogP contribution in [-0.4, -0.2) is 47.0 Å². The van der Waals surface area contributed by atoms with Crippen LogP contribution in [0, 0.1) is 6.92 Å². The number of carbonyl (C=O) groups excluding carboxylic acids is 1. The minimum atomic E-state index is -0.218. The number of amides is 1. The first-order valence-corrected chi connectivity index (χ1v) is 10.7. The number of hydrogen-bond donors (Lipinski definition) is 3. The first-order valence-electron chi connectivity index (χ1n) is 9.31. The van der Waals surface area contributed by atoms with Gasteiger partial charge in [0, 0.05) is 10.7 Å². The molecular weight excluding hydrogens is 454 g/mol. The SMILES string of the molecule is COc1ccc(/C=N/Nc2nnc(SCC(=O)Nc3cc(Cl)ccc3C)n2N)cc1OC. The molecule has 0 fully saturated rings. The van der Waals surface area contributed by atoms with Crippen molar-refractivity contribution in [1.29, 1.82) is 0 Å². The van der Waals surface area contributed by atoms with Crippen LogP contribution in [0.2, 0.25) is 5.02 Å². The Labute approximate surface area is 194 Å². The Kier molecular flexibility index (Phi) is 7.79. The summed E-state index contributed by atoms with van der Waals surface area (Å²) in [6.07, 6.45) is 1.57. The molecule has 0 aliphatic carbocycles. The molecule has 2 aromatic carbocycles. The summed E-state index contributed by atoms with van der Waals surface area (Å²) in [4.78, 5) is 12.3. The number of nitrogen functional groups attached to an aromatic ring is 1. The first kappa shape index (κ1) is 23.2. The van der Waals surface area contributed by atoms with E-state index in [9.17, 15) is 4.79 Å². The average Bonchev–Trinajstić information content (AvgIpc) is 3.14. The Bertz CT molecular complexity index is 1140. The summed E-state index contributed by atoms with van der Waals surface area (Å²) < 4.78 is 11.7. The minimum Gasteiger partial charge on any atom is -0.493 e. The van der Waals surface area contributed by atoms with Crippen molar-refractivity contribution < 1.29 is 14.3 Å². The molecule has 4 N–H and O–H groups in total. The summed E-state index contributed by atoms with van der Waals surface area (Å²) in [6.45, 7) is 1.89. The number of methoxy groups -OCH3 is 2. The average molecular weight is 476 g/mol. The predicted octanol–water partition coefficient (Wildman–Crippen LogP) is 3.15. The number of nitrogens with two attached hydrogens (primary N) is 1. The fourth-order valence-corrected chi connectivity index (χ4v) is 3.42. The lowest BCUT2D eigenvalue weighted by Gasteiger charge is -2.08. The van der Waals surface area contributed by atoms with Crippen LogP contribution in [-0.2, 0) is 4.79 Å². The van der Waals surface area contributed by atoms with Crippen LogP contribution in [0.4, 0.5) is 11.6 Å². The molecule has 168 valence electrons. The van der Waals surface area contributed by atoms with E-state index in [1.807, 2.05) is 19.1 Å². The second-order valence-corrected chi connectivity index (χ2v) is 7.84. The standard InChI is InChI=1S/C20H22ClN7O3S/c1-12-4-6-14(21)9-15(12)24-18(29)11-32-20-27-26-19(28(20)22)25-23-10-13-5-7-16(30-2)17(8-13)31-3/h4-10H,11,22H2,1-3H3,(H,24,29)(H,25,26)/b23-10+. The van der Waals surface area contributed by atoms with Gasteiger partial charge in [-0.3, -0.25) is 4.79 Å². The number of benzene rings is 2. The van der Waals surface area contributed by atoms with Gasteiger partial charge in [-0.2, -0.15) is 5.10 Å². The maximum absolute atomic E-state index is 12.3. The molecule has 0 aliphatic rings. The molecule has 12 heteroatoms. The van der Waals surface area contributed by atoms with Gasteiger partial charge in [-0.05, 0) is 48.4 Å². The van der Waals surface area contributed by atoms with Crippen LogP contribution >= 0.6 is 23.4 Å². The number of hydrazone groups is 1. The van der Waals surface area contributed by atoms with Crippen LogP contribution in [0.1, 0.15) is 11.1 Å². The number of hydrogen-bond acceptors (Lipinski definition) is 9. The molecule has 0 spiro atoms. The van der Waals surface area contributed by atoms with E-state index >= 15 is 0 Å². The summed E-state index contributed by atoms with van der Waals surface area (Å²) in [5.74, 6) is 7.30. The maximum Gasteiger partial charge on any atom is 0.264 e. The number of aryl methyl sites for hydroxylation is 1. The number of rotatable bonds is 9. The van der Waals surface area contributed by atoms with Crippen LogP contribution in [0.25, 0.3) is 0 Å². The number of ether oxygens (including phenoxy) is 2. The molecule has 0 saturated heterocycles. The number of anilines is 2. The van der Waals surface area contributed by atoms with E-state index in [4.69, 9.17) is 26.9 Å². The Hall–Kier alpha value is -3.44. The summed E-state index contributed by atoms with van der Waals surface area (Å²) in [5.41, 5.74) is 5.07. The van der Waals surface area contributed by atoms with Crippen molar-refractivity contribution in [2.45, 2.75) is 12.1 Å². The monoisotopic (exact) mass is 475 g/mol. The molecule has 0 saturated carbocycles. The van der Waals surface area contributed by atoms with Gasteiger partial charge >= 0.3 is 0 Å². The molecule has 32 heavy (non-hydrogen) atoms. The topological polar surface area (TPSA) is 129 Å². The second-order valence-electron chi connectivity index (χ2n) is 6.46. The second kappa shape index (κ2) is 10.7. The number of halogens is 1. The maximum atomic E-state index is 12.3. The van der Waals surface area contributed by atoms with E-state index in [1.54, 1.807) is 44.7 Å². The van der Waals surface area contributed by atoms with Gasteiger partial charge in [0.05, 0.1) is 26.2 Å². The van der Waals surface area contributed by atoms with Gasteiger partial charge in [-0.15, -0.1) is 10.2 Å². The van der Waals surface area contributed by atoms with Gasteiger partial charge in [0.2, 0.25) is 11.1 Å². The molecule has 3 aromatic rings.